The molecule has 160 valence electrons. The fraction of sp³-hybridized carbons (Fsp3) is 0.261. The van der Waals surface area contributed by atoms with E-state index in [9.17, 15) is 4.79 Å². The molecule has 0 unspecified atom stereocenters. The Bertz CT molecular complexity index is 1050. The summed E-state index contributed by atoms with van der Waals surface area (Å²) >= 11 is 0. The van der Waals surface area contributed by atoms with Crippen molar-refractivity contribution in [2.75, 3.05) is 30.4 Å². The van der Waals surface area contributed by atoms with Gasteiger partial charge in [0.1, 0.15) is 5.69 Å². The molecular formula is C23H26N6O2. The minimum atomic E-state index is -0.670. The maximum Gasteiger partial charge on any atom is 0.271 e. The molecule has 2 heterocycles. The third-order valence-corrected chi connectivity index (χ3v) is 5.37. The highest BCUT2D eigenvalue weighted by atomic mass is 16.5. The Labute approximate surface area is 181 Å². The lowest BCUT2D eigenvalue weighted by molar-refractivity contribution is 0.0996. The lowest BCUT2D eigenvalue weighted by Crippen LogP contribution is -2.39. The average Bonchev–Trinajstić information content (AvgIpc) is 2.80. The molecule has 1 fully saturated rings. The van der Waals surface area contributed by atoms with Crippen LogP contribution in [0.15, 0.2) is 54.6 Å². The number of hydrogen-bond donors (Lipinski definition) is 3. The molecule has 0 radical (unpaired) electrons. The van der Waals surface area contributed by atoms with Gasteiger partial charge in [-0.3, -0.25) is 4.79 Å². The zero-order chi connectivity index (χ0) is 21.8. The van der Waals surface area contributed by atoms with Crippen LogP contribution < -0.4 is 26.4 Å². The first-order valence-electron chi connectivity index (χ1n) is 10.2. The standard InChI is InChI=1S/C23H26N6O2/c1-31-23-19(15-5-3-2-4-6-15)27-20(21(25)30)22(28-23)26-17-7-9-18(10-8-17)29-13-11-16(24)12-14-29/h2-10,16H,11-14,24H2,1H3,(H2,25,30)(H,26,28). The number of nitrogens with two attached hydrogens (primary N) is 2. The number of anilines is 3. The minimum Gasteiger partial charge on any atom is -0.479 e. The summed E-state index contributed by atoms with van der Waals surface area (Å²) in [5.41, 5.74) is 14.8. The van der Waals surface area contributed by atoms with E-state index >= 15 is 0 Å². The quantitative estimate of drug-likeness (QED) is 0.563. The number of rotatable bonds is 6. The largest absolute Gasteiger partial charge is 0.479 e. The number of nitrogens with zero attached hydrogens (tertiary/aromatic N) is 3. The number of carbonyl (C=O) groups is 1. The predicted molar refractivity (Wildman–Crippen MR) is 122 cm³/mol. The smallest absolute Gasteiger partial charge is 0.271 e. The van der Waals surface area contributed by atoms with Crippen molar-refractivity contribution >= 4 is 23.1 Å². The van der Waals surface area contributed by atoms with E-state index in [0.717, 1.165) is 42.9 Å². The number of amides is 1. The van der Waals surface area contributed by atoms with Crippen LogP contribution in [0.5, 0.6) is 5.88 Å². The van der Waals surface area contributed by atoms with E-state index < -0.39 is 5.91 Å². The fourth-order valence-corrected chi connectivity index (χ4v) is 3.66. The Morgan fingerprint density at radius 1 is 1.06 bits per heavy atom. The number of primary amides is 1. The Morgan fingerprint density at radius 3 is 2.35 bits per heavy atom. The van der Waals surface area contributed by atoms with E-state index in [4.69, 9.17) is 16.2 Å². The van der Waals surface area contributed by atoms with Crippen LogP contribution in [-0.4, -0.2) is 42.1 Å². The summed E-state index contributed by atoms with van der Waals surface area (Å²) in [7, 11) is 1.52. The van der Waals surface area contributed by atoms with E-state index in [1.807, 2.05) is 54.6 Å². The summed E-state index contributed by atoms with van der Waals surface area (Å²) < 4.78 is 5.44. The van der Waals surface area contributed by atoms with Crippen LogP contribution >= 0.6 is 0 Å². The second-order valence-electron chi connectivity index (χ2n) is 7.51. The third kappa shape index (κ3) is 4.59. The van der Waals surface area contributed by atoms with Gasteiger partial charge in [0.15, 0.2) is 11.5 Å². The van der Waals surface area contributed by atoms with Gasteiger partial charge in [0.25, 0.3) is 5.91 Å². The van der Waals surface area contributed by atoms with Crippen molar-refractivity contribution in [2.45, 2.75) is 18.9 Å². The molecule has 4 rings (SSSR count). The van der Waals surface area contributed by atoms with E-state index in [-0.39, 0.29) is 17.6 Å². The first kappa shape index (κ1) is 20.6. The molecule has 2 aromatic carbocycles. The van der Waals surface area contributed by atoms with Gasteiger partial charge in [-0.2, -0.15) is 4.98 Å². The van der Waals surface area contributed by atoms with Gasteiger partial charge < -0.3 is 26.4 Å². The Morgan fingerprint density at radius 2 is 1.74 bits per heavy atom. The molecule has 1 aliphatic heterocycles. The van der Waals surface area contributed by atoms with Crippen molar-refractivity contribution in [3.63, 3.8) is 0 Å². The molecule has 3 aromatic rings. The average molecular weight is 419 g/mol. The molecule has 1 amide bonds. The summed E-state index contributed by atoms with van der Waals surface area (Å²) in [5.74, 6) is -0.114. The van der Waals surface area contributed by atoms with Crippen LogP contribution in [0.3, 0.4) is 0 Å². The number of hydrogen-bond acceptors (Lipinski definition) is 7. The summed E-state index contributed by atoms with van der Waals surface area (Å²) in [6.45, 7) is 1.90. The SMILES string of the molecule is COc1nc(Nc2ccc(N3CCC(N)CC3)cc2)c(C(N)=O)nc1-c1ccccc1. The third-order valence-electron chi connectivity index (χ3n) is 5.37. The lowest BCUT2D eigenvalue weighted by Gasteiger charge is -2.32. The van der Waals surface area contributed by atoms with E-state index in [2.05, 4.69) is 20.2 Å². The van der Waals surface area contributed by atoms with Crippen molar-refractivity contribution in [1.82, 2.24) is 9.97 Å². The number of ether oxygens (including phenoxy) is 1. The van der Waals surface area contributed by atoms with Gasteiger partial charge in [-0.05, 0) is 37.1 Å². The highest BCUT2D eigenvalue weighted by Crippen LogP contribution is 2.30. The molecule has 0 bridgehead atoms. The van der Waals surface area contributed by atoms with Crippen molar-refractivity contribution in [1.29, 1.82) is 0 Å². The molecule has 0 saturated carbocycles. The topological polar surface area (TPSA) is 119 Å². The maximum atomic E-state index is 12.1. The first-order valence-corrected chi connectivity index (χ1v) is 10.2. The molecule has 5 N–H and O–H groups in total. The van der Waals surface area contributed by atoms with Crippen molar-refractivity contribution in [2.24, 2.45) is 11.5 Å². The van der Waals surface area contributed by atoms with Gasteiger partial charge in [0.05, 0.1) is 7.11 Å². The molecule has 8 nitrogen and oxygen atoms in total. The molecule has 1 aliphatic rings. The number of benzene rings is 2. The van der Waals surface area contributed by atoms with Crippen LogP contribution in [0.4, 0.5) is 17.2 Å². The van der Waals surface area contributed by atoms with Gasteiger partial charge in [-0.25, -0.2) is 4.98 Å². The lowest BCUT2D eigenvalue weighted by atomic mass is 10.1. The molecule has 0 atom stereocenters. The summed E-state index contributed by atoms with van der Waals surface area (Å²) in [5, 5.41) is 3.15. The number of methoxy groups -OCH3 is 1. The van der Waals surface area contributed by atoms with Crippen molar-refractivity contribution in [3.8, 4) is 17.1 Å². The normalized spacial score (nSPS) is 14.3. The number of aromatic nitrogens is 2. The van der Waals surface area contributed by atoms with Gasteiger partial charge in [0.2, 0.25) is 5.88 Å². The molecular weight excluding hydrogens is 392 g/mol. The molecule has 31 heavy (non-hydrogen) atoms. The van der Waals surface area contributed by atoms with Crippen LogP contribution in [0.1, 0.15) is 23.3 Å². The second-order valence-corrected chi connectivity index (χ2v) is 7.51. The number of nitrogens with one attached hydrogen (secondary N) is 1. The van der Waals surface area contributed by atoms with E-state index in [0.29, 0.717) is 11.6 Å². The molecule has 1 saturated heterocycles. The molecule has 0 aliphatic carbocycles. The van der Waals surface area contributed by atoms with Crippen LogP contribution in [0.25, 0.3) is 11.3 Å². The van der Waals surface area contributed by atoms with Gasteiger partial charge >= 0.3 is 0 Å². The first-order chi connectivity index (χ1) is 15.0. The van der Waals surface area contributed by atoms with Crippen LogP contribution in [0, 0.1) is 0 Å². The van der Waals surface area contributed by atoms with Gasteiger partial charge in [-0.15, -0.1) is 0 Å². The second kappa shape index (κ2) is 9.01. The Kier molecular flexibility index (Phi) is 5.99. The van der Waals surface area contributed by atoms with Gasteiger partial charge in [-0.1, -0.05) is 30.3 Å². The molecule has 1 aromatic heterocycles. The van der Waals surface area contributed by atoms with Crippen LogP contribution in [-0.2, 0) is 0 Å². The number of carbonyl (C=O) groups excluding carboxylic acids is 1. The van der Waals surface area contributed by atoms with E-state index in [1.165, 1.54) is 7.11 Å². The summed E-state index contributed by atoms with van der Waals surface area (Å²) in [6.07, 6.45) is 1.98. The van der Waals surface area contributed by atoms with E-state index in [1.54, 1.807) is 0 Å². The predicted octanol–water partition coefficient (Wildman–Crippen LogP) is 2.92. The Balaban J connectivity index is 1.61. The summed E-state index contributed by atoms with van der Waals surface area (Å²) in [6, 6.07) is 17.6. The van der Waals surface area contributed by atoms with Crippen molar-refractivity contribution < 1.29 is 9.53 Å². The molecule has 8 heteroatoms. The monoisotopic (exact) mass is 418 g/mol. The zero-order valence-corrected chi connectivity index (χ0v) is 17.4. The van der Waals surface area contributed by atoms with Crippen LogP contribution in [0.2, 0.25) is 0 Å². The summed E-state index contributed by atoms with van der Waals surface area (Å²) in [4.78, 5) is 23.4. The highest BCUT2D eigenvalue weighted by molar-refractivity contribution is 5.97. The van der Waals surface area contributed by atoms with Gasteiger partial charge in [0, 0.05) is 36.1 Å². The highest BCUT2D eigenvalue weighted by Gasteiger charge is 2.20. The zero-order valence-electron chi connectivity index (χ0n) is 17.4. The minimum absolute atomic E-state index is 0.0498. The fourth-order valence-electron chi connectivity index (χ4n) is 3.66. The maximum absolute atomic E-state index is 12.1. The molecule has 0 spiro atoms. The Hall–Kier alpha value is -3.65. The number of piperidine rings is 1. The van der Waals surface area contributed by atoms with Crippen molar-refractivity contribution in [3.05, 3.63) is 60.3 Å².